The van der Waals surface area contributed by atoms with E-state index < -0.39 is 15.1 Å². The lowest BCUT2D eigenvalue weighted by Gasteiger charge is -2.18. The number of Topliss-reactive ketones (excluding diaryl/α,β-unsaturated/α-hetero) is 1. The Kier molecular flexibility index (Phi) is 3.34. The third kappa shape index (κ3) is 2.24. The number of aryl methyl sites for hydroxylation is 1. The van der Waals surface area contributed by atoms with Gasteiger partial charge in [0.1, 0.15) is 0 Å². The summed E-state index contributed by atoms with van der Waals surface area (Å²) in [7, 11) is -3.36. The van der Waals surface area contributed by atoms with Crippen molar-refractivity contribution in [3.8, 4) is 0 Å². The van der Waals surface area contributed by atoms with Crippen molar-refractivity contribution in [2.45, 2.75) is 35.8 Å². The number of ketones is 1. The first-order chi connectivity index (χ1) is 9.59. The van der Waals surface area contributed by atoms with Gasteiger partial charge in [-0.3, -0.25) is 4.79 Å². The van der Waals surface area contributed by atoms with Crippen molar-refractivity contribution in [1.82, 2.24) is 0 Å². The zero-order valence-electron chi connectivity index (χ0n) is 11.1. The van der Waals surface area contributed by atoms with Crippen molar-refractivity contribution < 1.29 is 13.2 Å². The van der Waals surface area contributed by atoms with Crippen molar-refractivity contribution in [2.24, 2.45) is 0 Å². The van der Waals surface area contributed by atoms with Crippen LogP contribution in [0.25, 0.3) is 0 Å². The summed E-state index contributed by atoms with van der Waals surface area (Å²) in [6.45, 7) is 0. The Morgan fingerprint density at radius 1 is 1.10 bits per heavy atom. The molecule has 104 valence electrons. The molecule has 2 aliphatic carbocycles. The predicted molar refractivity (Wildman–Crippen MR) is 77.6 cm³/mol. The molecule has 0 radical (unpaired) electrons. The van der Waals surface area contributed by atoms with Gasteiger partial charge in [0, 0.05) is 12.0 Å². The van der Waals surface area contributed by atoms with Gasteiger partial charge in [-0.05, 0) is 43.0 Å². The van der Waals surface area contributed by atoms with Crippen LogP contribution in [0.4, 0.5) is 0 Å². The molecule has 0 aliphatic heterocycles. The molecule has 0 fully saturated rings. The molecule has 20 heavy (non-hydrogen) atoms. The quantitative estimate of drug-likeness (QED) is 0.841. The SMILES string of the molecule is O=C1CCCc2cc(S(=O)(=O)C3C=CC=CC3)ccc21. The number of fused-ring (bicyclic) bond motifs is 1. The second kappa shape index (κ2) is 5.02. The number of hydrogen-bond acceptors (Lipinski definition) is 3. The molecule has 0 N–H and O–H groups in total. The van der Waals surface area contributed by atoms with Crippen LogP contribution in [0.1, 0.15) is 35.2 Å². The summed E-state index contributed by atoms with van der Waals surface area (Å²) in [5.41, 5.74) is 1.56. The molecule has 0 amide bonds. The Balaban J connectivity index is 2.00. The zero-order valence-corrected chi connectivity index (χ0v) is 11.9. The fourth-order valence-electron chi connectivity index (χ4n) is 2.76. The average Bonchev–Trinajstić information content (AvgIpc) is 2.48. The Bertz CT molecular complexity index is 711. The lowest BCUT2D eigenvalue weighted by molar-refractivity contribution is 0.0972. The molecule has 1 unspecified atom stereocenters. The van der Waals surface area contributed by atoms with Crippen molar-refractivity contribution >= 4 is 15.6 Å². The molecule has 1 aromatic carbocycles. The number of carbonyl (C=O) groups is 1. The maximum absolute atomic E-state index is 12.6. The van der Waals surface area contributed by atoms with Crippen LogP contribution in [0.15, 0.2) is 47.4 Å². The summed E-state index contributed by atoms with van der Waals surface area (Å²) in [5.74, 6) is 0.121. The standard InChI is InChI=1S/C16H16O3S/c17-16-8-4-5-12-11-14(9-10-15(12)16)20(18,19)13-6-2-1-3-7-13/h1-3,6,9-11,13H,4-5,7-8H2. The van der Waals surface area contributed by atoms with Crippen LogP contribution in [-0.2, 0) is 16.3 Å². The predicted octanol–water partition coefficient (Wildman–Crippen LogP) is 2.86. The van der Waals surface area contributed by atoms with E-state index >= 15 is 0 Å². The number of carbonyl (C=O) groups excluding carboxylic acids is 1. The van der Waals surface area contributed by atoms with Gasteiger partial charge in [0.2, 0.25) is 0 Å². The van der Waals surface area contributed by atoms with Gasteiger partial charge in [0.25, 0.3) is 0 Å². The molecule has 0 saturated carbocycles. The van der Waals surface area contributed by atoms with Crippen molar-refractivity contribution in [2.75, 3.05) is 0 Å². The molecular formula is C16H16O3S. The van der Waals surface area contributed by atoms with Crippen LogP contribution in [-0.4, -0.2) is 19.5 Å². The summed E-state index contributed by atoms with van der Waals surface area (Å²) >= 11 is 0. The van der Waals surface area contributed by atoms with Gasteiger partial charge in [-0.1, -0.05) is 24.3 Å². The molecule has 0 spiro atoms. The maximum atomic E-state index is 12.6. The molecule has 0 aromatic heterocycles. The van der Waals surface area contributed by atoms with Gasteiger partial charge in [-0.25, -0.2) is 8.42 Å². The van der Waals surface area contributed by atoms with Gasteiger partial charge in [0.15, 0.2) is 15.6 Å². The first-order valence-electron chi connectivity index (χ1n) is 6.82. The molecule has 3 nitrogen and oxygen atoms in total. The van der Waals surface area contributed by atoms with E-state index in [2.05, 4.69) is 0 Å². The van der Waals surface area contributed by atoms with E-state index in [1.54, 1.807) is 30.4 Å². The van der Waals surface area contributed by atoms with E-state index in [-0.39, 0.29) is 5.78 Å². The third-order valence-electron chi connectivity index (χ3n) is 3.90. The maximum Gasteiger partial charge on any atom is 0.185 e. The molecule has 0 heterocycles. The summed E-state index contributed by atoms with van der Waals surface area (Å²) in [5, 5.41) is -0.496. The van der Waals surface area contributed by atoms with Crippen LogP contribution in [0, 0.1) is 0 Å². The van der Waals surface area contributed by atoms with Crippen LogP contribution in [0.2, 0.25) is 0 Å². The van der Waals surface area contributed by atoms with Crippen LogP contribution < -0.4 is 0 Å². The lowest BCUT2D eigenvalue weighted by atomic mass is 9.91. The first-order valence-corrected chi connectivity index (χ1v) is 8.37. The minimum Gasteiger partial charge on any atom is -0.294 e. The molecule has 0 bridgehead atoms. The van der Waals surface area contributed by atoms with Crippen molar-refractivity contribution in [1.29, 1.82) is 0 Å². The van der Waals surface area contributed by atoms with Gasteiger partial charge in [0.05, 0.1) is 10.1 Å². The highest BCUT2D eigenvalue weighted by atomic mass is 32.2. The lowest BCUT2D eigenvalue weighted by Crippen LogP contribution is -2.20. The highest BCUT2D eigenvalue weighted by Gasteiger charge is 2.27. The highest BCUT2D eigenvalue weighted by Crippen LogP contribution is 2.27. The second-order valence-electron chi connectivity index (χ2n) is 5.23. The van der Waals surface area contributed by atoms with E-state index in [0.29, 0.717) is 23.3 Å². The van der Waals surface area contributed by atoms with Crippen LogP contribution in [0.3, 0.4) is 0 Å². The van der Waals surface area contributed by atoms with E-state index in [0.717, 1.165) is 18.4 Å². The van der Waals surface area contributed by atoms with E-state index in [9.17, 15) is 13.2 Å². The average molecular weight is 288 g/mol. The molecule has 0 saturated heterocycles. The van der Waals surface area contributed by atoms with E-state index in [4.69, 9.17) is 0 Å². The van der Waals surface area contributed by atoms with Crippen LogP contribution in [0.5, 0.6) is 0 Å². The Hall–Kier alpha value is -1.68. The summed E-state index contributed by atoms with van der Waals surface area (Å²) in [4.78, 5) is 12.1. The van der Waals surface area contributed by atoms with Gasteiger partial charge in [-0.2, -0.15) is 0 Å². The second-order valence-corrected chi connectivity index (χ2v) is 7.39. The minimum atomic E-state index is -3.36. The Morgan fingerprint density at radius 3 is 2.70 bits per heavy atom. The fraction of sp³-hybridized carbons (Fsp3) is 0.312. The Labute approximate surface area is 118 Å². The van der Waals surface area contributed by atoms with E-state index in [1.807, 2.05) is 12.2 Å². The van der Waals surface area contributed by atoms with Gasteiger partial charge >= 0.3 is 0 Å². The summed E-state index contributed by atoms with van der Waals surface area (Å²) in [6.07, 6.45) is 9.88. The smallest absolute Gasteiger partial charge is 0.185 e. The fourth-order valence-corrected chi connectivity index (χ4v) is 4.34. The minimum absolute atomic E-state index is 0.121. The highest BCUT2D eigenvalue weighted by molar-refractivity contribution is 7.92. The zero-order chi connectivity index (χ0) is 14.2. The van der Waals surface area contributed by atoms with Gasteiger partial charge in [-0.15, -0.1) is 0 Å². The normalized spacial score (nSPS) is 21.8. The van der Waals surface area contributed by atoms with Crippen LogP contribution >= 0.6 is 0 Å². The summed E-state index contributed by atoms with van der Waals surface area (Å²) < 4.78 is 25.2. The summed E-state index contributed by atoms with van der Waals surface area (Å²) in [6, 6.07) is 4.93. The number of sulfone groups is 1. The molecule has 3 rings (SSSR count). The molecular weight excluding hydrogens is 272 g/mol. The number of hydrogen-bond donors (Lipinski definition) is 0. The third-order valence-corrected chi connectivity index (χ3v) is 5.95. The monoisotopic (exact) mass is 288 g/mol. The first kappa shape index (κ1) is 13.3. The number of benzene rings is 1. The number of rotatable bonds is 2. The van der Waals surface area contributed by atoms with E-state index in [1.165, 1.54) is 0 Å². The Morgan fingerprint density at radius 2 is 1.95 bits per heavy atom. The molecule has 2 aliphatic rings. The number of allylic oxidation sites excluding steroid dienone is 3. The van der Waals surface area contributed by atoms with Gasteiger partial charge < -0.3 is 0 Å². The van der Waals surface area contributed by atoms with Crippen molar-refractivity contribution in [3.05, 3.63) is 53.6 Å². The molecule has 4 heteroatoms. The largest absolute Gasteiger partial charge is 0.294 e. The van der Waals surface area contributed by atoms with Crippen molar-refractivity contribution in [3.63, 3.8) is 0 Å². The molecule has 1 atom stereocenters. The topological polar surface area (TPSA) is 51.2 Å². The molecule has 1 aromatic rings.